The Morgan fingerprint density at radius 2 is 1.96 bits per heavy atom. The van der Waals surface area contributed by atoms with Crippen molar-refractivity contribution in [2.45, 2.75) is 17.7 Å². The van der Waals surface area contributed by atoms with Gasteiger partial charge in [-0.2, -0.15) is 0 Å². The van der Waals surface area contributed by atoms with Gasteiger partial charge < -0.3 is 10.1 Å². The number of nitrogens with zero attached hydrogens (tertiary/aromatic N) is 1. The van der Waals surface area contributed by atoms with E-state index in [0.29, 0.717) is 11.3 Å². The molecule has 0 fully saturated rings. The van der Waals surface area contributed by atoms with Gasteiger partial charge in [0.2, 0.25) is 0 Å². The average molecular weight is 378 g/mol. The fourth-order valence-electron chi connectivity index (χ4n) is 2.81. The highest BCUT2D eigenvalue weighted by Crippen LogP contribution is 2.26. The first kappa shape index (κ1) is 19.0. The lowest BCUT2D eigenvalue weighted by Gasteiger charge is -2.11. The Kier molecular flexibility index (Phi) is 6.49. The van der Waals surface area contributed by atoms with E-state index in [0.717, 1.165) is 34.7 Å². The minimum atomic E-state index is -0.179. The molecule has 0 atom stereocenters. The second-order valence-electron chi connectivity index (χ2n) is 6.04. The maximum atomic E-state index is 12.7. The number of thioether (sulfide) groups is 1. The summed E-state index contributed by atoms with van der Waals surface area (Å²) in [4.78, 5) is 18.1. The van der Waals surface area contributed by atoms with Crippen LogP contribution in [0.5, 0.6) is 5.75 Å². The highest BCUT2D eigenvalue weighted by Gasteiger charge is 2.13. The molecular formula is C22H22N2O2S. The molecule has 0 aliphatic rings. The van der Waals surface area contributed by atoms with Crippen LogP contribution in [0.25, 0.3) is 0 Å². The predicted molar refractivity (Wildman–Crippen MR) is 111 cm³/mol. The van der Waals surface area contributed by atoms with Crippen molar-refractivity contribution in [3.8, 4) is 5.75 Å². The summed E-state index contributed by atoms with van der Waals surface area (Å²) in [7, 11) is 1.58. The van der Waals surface area contributed by atoms with Crippen LogP contribution in [0.4, 0.5) is 5.69 Å². The van der Waals surface area contributed by atoms with E-state index in [4.69, 9.17) is 4.74 Å². The average Bonchev–Trinajstić information content (AvgIpc) is 2.72. The van der Waals surface area contributed by atoms with Crippen LogP contribution in [-0.2, 0) is 12.8 Å². The minimum Gasteiger partial charge on any atom is -0.496 e. The molecule has 3 aromatic rings. The maximum absolute atomic E-state index is 12.7. The van der Waals surface area contributed by atoms with Crippen LogP contribution < -0.4 is 10.1 Å². The number of carbonyl (C=O) groups is 1. The standard InChI is InChI=1S/C22H22N2O2S/c1-26-21-15-19(27-2)11-12-20(21)22(25)24-18-8-5-6-16(14-18)9-10-17-7-3-4-13-23-17/h3-8,11-15H,9-10H2,1-2H3,(H,24,25). The minimum absolute atomic E-state index is 0.179. The van der Waals surface area contributed by atoms with Gasteiger partial charge in [0.15, 0.2) is 0 Å². The molecule has 3 rings (SSSR count). The van der Waals surface area contributed by atoms with E-state index in [2.05, 4.69) is 16.4 Å². The first-order valence-corrected chi connectivity index (χ1v) is 9.94. The lowest BCUT2D eigenvalue weighted by molar-refractivity contribution is 0.102. The van der Waals surface area contributed by atoms with E-state index in [9.17, 15) is 4.79 Å². The monoisotopic (exact) mass is 378 g/mol. The van der Waals surface area contributed by atoms with Crippen LogP contribution >= 0.6 is 11.8 Å². The van der Waals surface area contributed by atoms with E-state index in [1.165, 1.54) is 0 Å². The number of pyridine rings is 1. The number of hydrogen-bond acceptors (Lipinski definition) is 4. The normalized spacial score (nSPS) is 10.4. The van der Waals surface area contributed by atoms with E-state index in [1.807, 2.05) is 61.0 Å². The summed E-state index contributed by atoms with van der Waals surface area (Å²) in [5.41, 5.74) is 3.51. The Labute approximate surface area is 164 Å². The molecule has 5 heteroatoms. The molecule has 0 unspecified atom stereocenters. The number of aromatic nitrogens is 1. The Balaban J connectivity index is 1.69. The maximum Gasteiger partial charge on any atom is 0.259 e. The summed E-state index contributed by atoms with van der Waals surface area (Å²) in [6, 6.07) is 19.4. The topological polar surface area (TPSA) is 51.2 Å². The number of nitrogens with one attached hydrogen (secondary N) is 1. The first-order chi connectivity index (χ1) is 13.2. The van der Waals surface area contributed by atoms with Gasteiger partial charge in [0.05, 0.1) is 12.7 Å². The molecule has 1 heterocycles. The smallest absolute Gasteiger partial charge is 0.259 e. The van der Waals surface area contributed by atoms with Crippen molar-refractivity contribution in [3.63, 3.8) is 0 Å². The predicted octanol–water partition coefficient (Wildman–Crippen LogP) is 4.85. The molecular weight excluding hydrogens is 356 g/mol. The molecule has 0 saturated heterocycles. The Hall–Kier alpha value is -2.79. The van der Waals surface area contributed by atoms with E-state index < -0.39 is 0 Å². The highest BCUT2D eigenvalue weighted by atomic mass is 32.2. The Morgan fingerprint density at radius 3 is 2.70 bits per heavy atom. The molecule has 0 spiro atoms. The molecule has 2 aromatic carbocycles. The zero-order valence-electron chi connectivity index (χ0n) is 15.4. The molecule has 1 N–H and O–H groups in total. The van der Waals surface area contributed by atoms with E-state index in [-0.39, 0.29) is 5.91 Å². The van der Waals surface area contributed by atoms with E-state index in [1.54, 1.807) is 24.9 Å². The number of amides is 1. The summed E-state index contributed by atoms with van der Waals surface area (Å²) in [6.07, 6.45) is 5.53. The zero-order valence-corrected chi connectivity index (χ0v) is 16.3. The third-order valence-corrected chi connectivity index (χ3v) is 4.96. The number of methoxy groups -OCH3 is 1. The lowest BCUT2D eigenvalue weighted by Crippen LogP contribution is -2.13. The van der Waals surface area contributed by atoms with Crippen LogP contribution in [0.15, 0.2) is 71.8 Å². The summed E-state index contributed by atoms with van der Waals surface area (Å²) in [5.74, 6) is 0.395. The molecule has 0 aliphatic carbocycles. The van der Waals surface area contributed by atoms with Crippen LogP contribution in [0.3, 0.4) is 0 Å². The van der Waals surface area contributed by atoms with Crippen LogP contribution in [0.1, 0.15) is 21.6 Å². The SMILES string of the molecule is COc1cc(SC)ccc1C(=O)Nc1cccc(CCc2ccccn2)c1. The number of benzene rings is 2. The van der Waals surface area contributed by atoms with Gasteiger partial charge in [-0.25, -0.2) is 0 Å². The summed E-state index contributed by atoms with van der Waals surface area (Å²) < 4.78 is 5.38. The molecule has 0 aliphatic heterocycles. The van der Waals surface area contributed by atoms with Crippen molar-refractivity contribution in [1.82, 2.24) is 4.98 Å². The van der Waals surface area contributed by atoms with Gasteiger partial charge in [0.25, 0.3) is 5.91 Å². The van der Waals surface area contributed by atoms with Crippen LogP contribution in [0.2, 0.25) is 0 Å². The molecule has 138 valence electrons. The number of rotatable bonds is 7. The number of anilines is 1. The van der Waals surface area contributed by atoms with Crippen molar-refractivity contribution in [3.05, 3.63) is 83.7 Å². The second-order valence-corrected chi connectivity index (χ2v) is 6.92. The number of hydrogen-bond donors (Lipinski definition) is 1. The quantitative estimate of drug-likeness (QED) is 0.597. The third kappa shape index (κ3) is 5.11. The Morgan fingerprint density at radius 1 is 1.07 bits per heavy atom. The Bertz CT molecular complexity index is 913. The van der Waals surface area contributed by atoms with Crippen molar-refractivity contribution in [2.24, 2.45) is 0 Å². The third-order valence-electron chi connectivity index (χ3n) is 4.23. The molecule has 0 bridgehead atoms. The molecule has 1 amide bonds. The number of aryl methyl sites for hydroxylation is 2. The van der Waals surface area contributed by atoms with Gasteiger partial charge in [-0.1, -0.05) is 18.2 Å². The zero-order chi connectivity index (χ0) is 19.1. The van der Waals surface area contributed by atoms with Crippen molar-refractivity contribution < 1.29 is 9.53 Å². The number of carbonyl (C=O) groups excluding carboxylic acids is 1. The first-order valence-electron chi connectivity index (χ1n) is 8.72. The molecule has 0 radical (unpaired) electrons. The molecule has 27 heavy (non-hydrogen) atoms. The number of ether oxygens (including phenoxy) is 1. The van der Waals surface area contributed by atoms with Crippen LogP contribution in [-0.4, -0.2) is 24.3 Å². The second kappa shape index (κ2) is 9.24. The molecule has 1 aromatic heterocycles. The van der Waals surface area contributed by atoms with Crippen molar-refractivity contribution >= 4 is 23.4 Å². The fraction of sp³-hybridized carbons (Fsp3) is 0.182. The van der Waals surface area contributed by atoms with E-state index >= 15 is 0 Å². The van der Waals surface area contributed by atoms with Gasteiger partial charge in [-0.05, 0) is 67.1 Å². The highest BCUT2D eigenvalue weighted by molar-refractivity contribution is 7.98. The van der Waals surface area contributed by atoms with Crippen LogP contribution in [0, 0.1) is 0 Å². The van der Waals surface area contributed by atoms with Gasteiger partial charge in [-0.15, -0.1) is 11.8 Å². The van der Waals surface area contributed by atoms with Gasteiger partial charge in [0.1, 0.15) is 5.75 Å². The van der Waals surface area contributed by atoms with Crippen molar-refractivity contribution in [1.29, 1.82) is 0 Å². The largest absolute Gasteiger partial charge is 0.496 e. The van der Waals surface area contributed by atoms with Gasteiger partial charge >= 0.3 is 0 Å². The molecule has 0 saturated carbocycles. The fourth-order valence-corrected chi connectivity index (χ4v) is 3.24. The van der Waals surface area contributed by atoms with Gasteiger partial charge in [0, 0.05) is 22.5 Å². The van der Waals surface area contributed by atoms with Crippen molar-refractivity contribution in [2.75, 3.05) is 18.7 Å². The molecule has 4 nitrogen and oxygen atoms in total. The summed E-state index contributed by atoms with van der Waals surface area (Å²) >= 11 is 1.61. The lowest BCUT2D eigenvalue weighted by atomic mass is 10.1. The summed E-state index contributed by atoms with van der Waals surface area (Å²) in [5, 5.41) is 2.97. The van der Waals surface area contributed by atoms with Gasteiger partial charge in [-0.3, -0.25) is 9.78 Å². The summed E-state index contributed by atoms with van der Waals surface area (Å²) in [6.45, 7) is 0.